The zero-order chi connectivity index (χ0) is 58.8. The highest BCUT2D eigenvalue weighted by Crippen LogP contribution is 2.30. The summed E-state index contributed by atoms with van der Waals surface area (Å²) in [6.45, 7) is 2.75. The maximum atomic E-state index is 13.3. The quantitative estimate of drug-likeness (QED) is 0.0204. The highest BCUT2D eigenvalue weighted by molar-refractivity contribution is 5.76. The van der Waals surface area contributed by atoms with Gasteiger partial charge in [0.1, 0.15) is 48.8 Å². The van der Waals surface area contributed by atoms with Crippen molar-refractivity contribution < 1.29 is 64.6 Å². The molecular weight excluding hydrogens is 1030 g/mol. The Bertz CT molecular complexity index is 1630. The van der Waals surface area contributed by atoms with Crippen molar-refractivity contribution in [1.82, 2.24) is 5.32 Å². The average molecular weight is 1150 g/mol. The number of hydrogen-bond acceptors (Lipinski definition) is 13. The van der Waals surface area contributed by atoms with Gasteiger partial charge in [-0.25, -0.2) is 0 Å². The molecule has 2 aliphatic rings. The van der Waals surface area contributed by atoms with E-state index in [0.717, 1.165) is 89.9 Å². The van der Waals surface area contributed by atoms with E-state index >= 15 is 0 Å². The average Bonchev–Trinajstić information content (AvgIpc) is 3.47. The van der Waals surface area contributed by atoms with E-state index in [1.165, 1.54) is 135 Å². The monoisotopic (exact) mass is 1150 g/mol. The zero-order valence-corrected chi connectivity index (χ0v) is 50.8. The molecule has 81 heavy (non-hydrogen) atoms. The molecule has 2 rings (SSSR count). The van der Waals surface area contributed by atoms with Crippen LogP contribution in [0.15, 0.2) is 72.9 Å². The molecule has 2 aliphatic heterocycles. The van der Waals surface area contributed by atoms with E-state index in [-0.39, 0.29) is 12.5 Å². The number of carbonyl (C=O) groups is 1. The minimum Gasteiger partial charge on any atom is -0.394 e. The van der Waals surface area contributed by atoms with E-state index in [1.807, 2.05) is 0 Å². The number of carbonyl (C=O) groups excluding carboxylic acids is 1. The summed E-state index contributed by atoms with van der Waals surface area (Å²) in [4.78, 5) is 13.3. The van der Waals surface area contributed by atoms with Crippen molar-refractivity contribution in [2.75, 3.05) is 19.8 Å². The van der Waals surface area contributed by atoms with Gasteiger partial charge in [-0.3, -0.25) is 4.79 Å². The van der Waals surface area contributed by atoms with Crippen LogP contribution in [0.4, 0.5) is 0 Å². The zero-order valence-electron chi connectivity index (χ0n) is 50.8. The van der Waals surface area contributed by atoms with E-state index in [0.29, 0.717) is 12.8 Å². The molecule has 12 unspecified atom stereocenters. The van der Waals surface area contributed by atoms with Crippen LogP contribution in [0.25, 0.3) is 0 Å². The summed E-state index contributed by atoms with van der Waals surface area (Å²) in [6.07, 6.45) is 52.0. The molecule has 14 heteroatoms. The second-order valence-electron chi connectivity index (χ2n) is 22.9. The molecule has 0 bridgehead atoms. The summed E-state index contributed by atoms with van der Waals surface area (Å²) in [6, 6.07) is -0.831. The van der Waals surface area contributed by atoms with Gasteiger partial charge in [-0.1, -0.05) is 254 Å². The van der Waals surface area contributed by atoms with Crippen molar-refractivity contribution in [3.63, 3.8) is 0 Å². The predicted octanol–water partition coefficient (Wildman–Crippen LogP) is 12.3. The summed E-state index contributed by atoms with van der Waals surface area (Å²) in [5, 5.41) is 87.3. The molecule has 9 N–H and O–H groups in total. The van der Waals surface area contributed by atoms with Crippen LogP contribution < -0.4 is 5.32 Å². The third kappa shape index (κ3) is 36.8. The summed E-state index contributed by atoms with van der Waals surface area (Å²) < 4.78 is 22.9. The number of allylic oxidation sites excluding steroid dienone is 12. The molecule has 0 saturated carbocycles. The van der Waals surface area contributed by atoms with Gasteiger partial charge in [0.2, 0.25) is 5.91 Å². The second kappa shape index (κ2) is 51.8. The van der Waals surface area contributed by atoms with E-state index in [9.17, 15) is 45.6 Å². The Balaban J connectivity index is 1.64. The number of rotatable bonds is 52. The third-order valence-corrected chi connectivity index (χ3v) is 15.7. The van der Waals surface area contributed by atoms with Gasteiger partial charge in [0.25, 0.3) is 0 Å². The summed E-state index contributed by atoms with van der Waals surface area (Å²) >= 11 is 0. The number of aliphatic hydroxyl groups excluding tert-OH is 8. The number of ether oxygens (including phenoxy) is 4. The standard InChI is InChI=1S/C67H119NO13/c1-3-5-7-9-11-13-15-17-19-20-21-22-23-24-25-26-27-28-29-30-31-32-33-34-35-36-37-39-41-43-45-47-49-51-59(72)68-55(56(71)50-48-46-44-42-40-38-18-16-14-12-10-8-6-4-2)54-78-66-64(77)62(75)65(58(53-70)80-66)81-67-63(76)61(74)60(73)57(52-69)79-67/h5,7,11,13,17,19,21-22,24-25,27-28,55-58,60-67,69-71,73-77H,3-4,6,8-10,12,14-16,18,20,23,26,29-54H2,1-2H3,(H,68,72)/b7-5-,13-11-,19-17-,22-21-,25-24-,28-27-. The van der Waals surface area contributed by atoms with Crippen LogP contribution in [-0.4, -0.2) is 140 Å². The van der Waals surface area contributed by atoms with Gasteiger partial charge in [0.05, 0.1) is 32.0 Å². The molecule has 1 amide bonds. The molecular formula is C67H119NO13. The fourth-order valence-corrected chi connectivity index (χ4v) is 10.5. The molecule has 14 nitrogen and oxygen atoms in total. The van der Waals surface area contributed by atoms with Crippen LogP contribution in [0.5, 0.6) is 0 Å². The minimum atomic E-state index is -1.78. The Kier molecular flexibility index (Phi) is 47.7. The van der Waals surface area contributed by atoms with Crippen LogP contribution in [0.3, 0.4) is 0 Å². The van der Waals surface area contributed by atoms with Crippen LogP contribution in [-0.2, 0) is 23.7 Å². The molecule has 0 aromatic rings. The Hall–Kier alpha value is -2.57. The van der Waals surface area contributed by atoms with Gasteiger partial charge < -0.3 is 65.1 Å². The van der Waals surface area contributed by atoms with Gasteiger partial charge in [0, 0.05) is 6.42 Å². The Morgan fingerprint density at radius 1 is 0.457 bits per heavy atom. The summed E-state index contributed by atoms with van der Waals surface area (Å²) in [5.74, 6) is -0.208. The molecule has 2 heterocycles. The first-order valence-electron chi connectivity index (χ1n) is 32.7. The molecule has 2 fully saturated rings. The fraction of sp³-hybridized carbons (Fsp3) is 0.806. The van der Waals surface area contributed by atoms with E-state index in [1.54, 1.807) is 0 Å². The molecule has 0 aromatic heterocycles. The third-order valence-electron chi connectivity index (χ3n) is 15.7. The largest absolute Gasteiger partial charge is 0.394 e. The number of aliphatic hydroxyl groups is 8. The van der Waals surface area contributed by atoms with Crippen LogP contribution in [0.2, 0.25) is 0 Å². The van der Waals surface area contributed by atoms with Gasteiger partial charge in [0.15, 0.2) is 12.6 Å². The summed E-state index contributed by atoms with van der Waals surface area (Å²) in [7, 11) is 0. The lowest BCUT2D eigenvalue weighted by atomic mass is 9.97. The number of amides is 1. The summed E-state index contributed by atoms with van der Waals surface area (Å²) in [5.41, 5.74) is 0. The first-order valence-corrected chi connectivity index (χ1v) is 32.7. The molecule has 12 atom stereocenters. The van der Waals surface area contributed by atoms with Crippen molar-refractivity contribution in [1.29, 1.82) is 0 Å². The second-order valence-corrected chi connectivity index (χ2v) is 22.9. The van der Waals surface area contributed by atoms with Crippen molar-refractivity contribution in [2.45, 2.75) is 325 Å². The van der Waals surface area contributed by atoms with E-state index in [2.05, 4.69) is 92.1 Å². The maximum absolute atomic E-state index is 13.3. The fourth-order valence-electron chi connectivity index (χ4n) is 10.5. The molecule has 0 spiro atoms. The van der Waals surface area contributed by atoms with Gasteiger partial charge >= 0.3 is 0 Å². The van der Waals surface area contributed by atoms with Crippen LogP contribution in [0.1, 0.15) is 251 Å². The van der Waals surface area contributed by atoms with E-state index in [4.69, 9.17) is 18.9 Å². The maximum Gasteiger partial charge on any atom is 0.220 e. The van der Waals surface area contributed by atoms with Crippen LogP contribution in [0, 0.1) is 0 Å². The topological polar surface area (TPSA) is 228 Å². The SMILES string of the molecule is CC/C=C\C/C=C\C/C=C\C/C=C\C/C=C\C/C=C\CCCCCCCCCCCCCCCCC(=O)NC(COC1OC(CO)C(OC2OC(CO)C(O)C(O)C2O)C(O)C1O)C(O)CCCCCCCCCCCCCCCC. The van der Waals surface area contributed by atoms with Crippen LogP contribution >= 0.6 is 0 Å². The first kappa shape index (κ1) is 74.5. The number of nitrogens with one attached hydrogen (secondary N) is 1. The molecule has 0 radical (unpaired) electrons. The molecule has 2 saturated heterocycles. The highest BCUT2D eigenvalue weighted by atomic mass is 16.7. The molecule has 470 valence electrons. The van der Waals surface area contributed by atoms with Gasteiger partial charge in [-0.05, 0) is 64.2 Å². The number of hydrogen-bond donors (Lipinski definition) is 9. The Labute approximate surface area is 491 Å². The van der Waals surface area contributed by atoms with Crippen molar-refractivity contribution in [3.8, 4) is 0 Å². The van der Waals surface area contributed by atoms with E-state index < -0.39 is 86.8 Å². The lowest BCUT2D eigenvalue weighted by molar-refractivity contribution is -0.359. The van der Waals surface area contributed by atoms with Gasteiger partial charge in [-0.2, -0.15) is 0 Å². The highest BCUT2D eigenvalue weighted by Gasteiger charge is 2.51. The lowest BCUT2D eigenvalue weighted by Gasteiger charge is -2.46. The minimum absolute atomic E-state index is 0.208. The smallest absolute Gasteiger partial charge is 0.220 e. The predicted molar refractivity (Wildman–Crippen MR) is 327 cm³/mol. The Morgan fingerprint density at radius 2 is 0.852 bits per heavy atom. The number of unbranched alkanes of at least 4 members (excludes halogenated alkanes) is 27. The first-order chi connectivity index (χ1) is 39.6. The lowest BCUT2D eigenvalue weighted by Crippen LogP contribution is -2.65. The van der Waals surface area contributed by atoms with Gasteiger partial charge in [-0.15, -0.1) is 0 Å². The normalized spacial score (nSPS) is 24.6. The van der Waals surface area contributed by atoms with Crippen molar-refractivity contribution in [3.05, 3.63) is 72.9 Å². The molecule has 0 aliphatic carbocycles. The molecule has 0 aromatic carbocycles. The Morgan fingerprint density at radius 3 is 1.31 bits per heavy atom. The van der Waals surface area contributed by atoms with Crippen molar-refractivity contribution >= 4 is 5.91 Å². The van der Waals surface area contributed by atoms with Crippen molar-refractivity contribution in [2.24, 2.45) is 0 Å².